The fourth-order valence-electron chi connectivity index (χ4n) is 3.97. The largest absolute Gasteiger partial charge is 0.494 e. The summed E-state index contributed by atoms with van der Waals surface area (Å²) in [5.41, 5.74) is 5.52. The zero-order valence-electron chi connectivity index (χ0n) is 20.4. The Balaban J connectivity index is 2.01. The van der Waals surface area contributed by atoms with Crippen LogP contribution in [-0.4, -0.2) is 25.7 Å². The van der Waals surface area contributed by atoms with E-state index >= 15 is 0 Å². The third-order valence-electron chi connectivity index (χ3n) is 5.66. The summed E-state index contributed by atoms with van der Waals surface area (Å²) < 4.78 is 17.6. The number of fused-ring (bicyclic) bond motifs is 1. The summed E-state index contributed by atoms with van der Waals surface area (Å²) in [6.45, 7) is 11.9. The van der Waals surface area contributed by atoms with Crippen molar-refractivity contribution in [3.8, 4) is 22.6 Å². The van der Waals surface area contributed by atoms with Gasteiger partial charge in [-0.1, -0.05) is 31.9 Å². The molecule has 3 aromatic rings. The maximum Gasteiger partial charge on any atom is 0.244 e. The first-order chi connectivity index (χ1) is 16.0. The molecule has 3 rings (SSSR count). The molecule has 2 aromatic carbocycles. The lowest BCUT2D eigenvalue weighted by molar-refractivity contribution is -0.116. The Morgan fingerprint density at radius 3 is 2.45 bits per heavy atom. The van der Waals surface area contributed by atoms with Crippen molar-refractivity contribution in [2.75, 3.05) is 19.8 Å². The molecule has 1 heterocycles. The van der Waals surface area contributed by atoms with Crippen molar-refractivity contribution in [2.24, 2.45) is 0 Å². The van der Waals surface area contributed by atoms with Crippen LogP contribution in [-0.2, 0) is 4.79 Å². The third-order valence-corrected chi connectivity index (χ3v) is 5.66. The Hall–Kier alpha value is -3.21. The number of allylic oxidation sites excluding steroid dienone is 1. The number of benzene rings is 2. The fraction of sp³-hybridized carbons (Fsp3) is 0.393. The molecule has 0 saturated carbocycles. The van der Waals surface area contributed by atoms with E-state index in [1.165, 1.54) is 0 Å². The van der Waals surface area contributed by atoms with Crippen LogP contribution in [0, 0.1) is 6.92 Å². The molecule has 0 aliphatic heterocycles. The van der Waals surface area contributed by atoms with Crippen LogP contribution in [0.25, 0.3) is 27.7 Å². The fourth-order valence-corrected chi connectivity index (χ4v) is 3.97. The first kappa shape index (κ1) is 24.4. The second kappa shape index (κ2) is 11.6. The molecule has 0 aliphatic rings. The van der Waals surface area contributed by atoms with Crippen molar-refractivity contribution < 1.29 is 18.7 Å². The van der Waals surface area contributed by atoms with Crippen LogP contribution in [0.1, 0.15) is 58.1 Å². The van der Waals surface area contributed by atoms with Gasteiger partial charge in [0.1, 0.15) is 17.1 Å². The lowest BCUT2D eigenvalue weighted by atomic mass is 9.96. The van der Waals surface area contributed by atoms with E-state index in [1.54, 1.807) is 12.3 Å². The van der Waals surface area contributed by atoms with E-state index in [0.29, 0.717) is 19.8 Å². The van der Waals surface area contributed by atoms with E-state index < -0.39 is 0 Å². The molecule has 0 saturated heterocycles. The van der Waals surface area contributed by atoms with Gasteiger partial charge in [0.2, 0.25) is 5.91 Å². The average Bonchev–Trinajstić information content (AvgIpc) is 3.23. The van der Waals surface area contributed by atoms with Crippen LogP contribution in [0.2, 0.25) is 0 Å². The van der Waals surface area contributed by atoms with Crippen LogP contribution < -0.4 is 14.8 Å². The molecular formula is C28H35NO4. The van der Waals surface area contributed by atoms with E-state index in [1.807, 2.05) is 52.0 Å². The summed E-state index contributed by atoms with van der Waals surface area (Å²) in [5, 5.41) is 3.97. The normalized spacial score (nSPS) is 11.6. The molecule has 1 aromatic heterocycles. The minimum Gasteiger partial charge on any atom is -0.494 e. The molecule has 0 fully saturated rings. The van der Waals surface area contributed by atoms with Crippen molar-refractivity contribution >= 4 is 22.4 Å². The Kier molecular flexibility index (Phi) is 8.58. The number of amides is 1. The number of hydrogen-bond acceptors (Lipinski definition) is 4. The number of nitrogens with one attached hydrogen (secondary N) is 1. The first-order valence-corrected chi connectivity index (χ1v) is 11.9. The molecule has 5 nitrogen and oxygen atoms in total. The zero-order chi connectivity index (χ0) is 23.8. The quantitative estimate of drug-likeness (QED) is 0.255. The third kappa shape index (κ3) is 5.78. The number of ether oxygens (including phenoxy) is 2. The number of carbonyl (C=O) groups excluding carboxylic acids is 1. The molecule has 5 heteroatoms. The first-order valence-electron chi connectivity index (χ1n) is 11.9. The number of hydrogen-bond donors (Lipinski definition) is 1. The van der Waals surface area contributed by atoms with Gasteiger partial charge in [-0.2, -0.15) is 0 Å². The SMILES string of the molecule is CCCCCNC(=O)/C=C(\C)c1cc2c(-c3ccc(OCC)cc3)coc2c(C)c1OCC. The highest BCUT2D eigenvalue weighted by Crippen LogP contribution is 2.41. The number of rotatable bonds is 11. The van der Waals surface area contributed by atoms with Crippen molar-refractivity contribution in [3.05, 3.63) is 53.8 Å². The highest BCUT2D eigenvalue weighted by atomic mass is 16.5. The van der Waals surface area contributed by atoms with Gasteiger partial charge in [-0.3, -0.25) is 4.79 Å². The van der Waals surface area contributed by atoms with Crippen LogP contribution in [0.15, 0.2) is 47.1 Å². The molecule has 0 unspecified atom stereocenters. The highest BCUT2D eigenvalue weighted by Gasteiger charge is 2.19. The zero-order valence-corrected chi connectivity index (χ0v) is 20.4. The molecule has 0 aliphatic carbocycles. The summed E-state index contributed by atoms with van der Waals surface area (Å²) in [6.07, 6.45) is 6.67. The van der Waals surface area contributed by atoms with Gasteiger partial charge >= 0.3 is 0 Å². The van der Waals surface area contributed by atoms with Crippen molar-refractivity contribution in [2.45, 2.75) is 53.9 Å². The second-order valence-electron chi connectivity index (χ2n) is 8.12. The Morgan fingerprint density at radius 1 is 1.06 bits per heavy atom. The van der Waals surface area contributed by atoms with E-state index in [0.717, 1.165) is 69.6 Å². The van der Waals surface area contributed by atoms with Gasteiger partial charge in [-0.05, 0) is 63.5 Å². The van der Waals surface area contributed by atoms with Crippen LogP contribution in [0.4, 0.5) is 0 Å². The molecule has 0 bridgehead atoms. The topological polar surface area (TPSA) is 60.7 Å². The summed E-state index contributed by atoms with van der Waals surface area (Å²) in [5.74, 6) is 1.51. The minimum atomic E-state index is -0.0808. The molecule has 1 N–H and O–H groups in total. The van der Waals surface area contributed by atoms with E-state index in [-0.39, 0.29) is 5.91 Å². The Labute approximate surface area is 196 Å². The van der Waals surface area contributed by atoms with Gasteiger partial charge in [-0.15, -0.1) is 0 Å². The van der Waals surface area contributed by atoms with Crippen molar-refractivity contribution in [1.29, 1.82) is 0 Å². The van der Waals surface area contributed by atoms with Gasteiger partial charge in [0.05, 0.1) is 19.5 Å². The number of furan rings is 1. The molecule has 33 heavy (non-hydrogen) atoms. The maximum absolute atomic E-state index is 12.5. The van der Waals surface area contributed by atoms with E-state index in [4.69, 9.17) is 13.9 Å². The predicted molar refractivity (Wildman–Crippen MR) is 135 cm³/mol. The lowest BCUT2D eigenvalue weighted by Crippen LogP contribution is -2.22. The average molecular weight is 450 g/mol. The molecule has 176 valence electrons. The number of carbonyl (C=O) groups is 1. The van der Waals surface area contributed by atoms with Crippen LogP contribution in [0.5, 0.6) is 11.5 Å². The Bertz CT molecular complexity index is 1110. The van der Waals surface area contributed by atoms with E-state index in [9.17, 15) is 4.79 Å². The van der Waals surface area contributed by atoms with Gasteiger partial charge in [0, 0.05) is 34.7 Å². The summed E-state index contributed by atoms with van der Waals surface area (Å²) in [6, 6.07) is 10.1. The summed E-state index contributed by atoms with van der Waals surface area (Å²) >= 11 is 0. The van der Waals surface area contributed by atoms with Gasteiger partial charge < -0.3 is 19.2 Å². The molecular weight excluding hydrogens is 414 g/mol. The summed E-state index contributed by atoms with van der Waals surface area (Å²) in [7, 11) is 0. The smallest absolute Gasteiger partial charge is 0.244 e. The monoisotopic (exact) mass is 449 g/mol. The van der Waals surface area contributed by atoms with Crippen molar-refractivity contribution in [1.82, 2.24) is 5.32 Å². The van der Waals surface area contributed by atoms with Crippen molar-refractivity contribution in [3.63, 3.8) is 0 Å². The second-order valence-corrected chi connectivity index (χ2v) is 8.12. The molecule has 0 spiro atoms. The molecule has 0 radical (unpaired) electrons. The Morgan fingerprint density at radius 2 is 1.79 bits per heavy atom. The van der Waals surface area contributed by atoms with Crippen LogP contribution in [0.3, 0.4) is 0 Å². The predicted octanol–water partition coefficient (Wildman–Crippen LogP) is 6.92. The minimum absolute atomic E-state index is 0.0808. The van der Waals surface area contributed by atoms with Gasteiger partial charge in [-0.25, -0.2) is 0 Å². The molecule has 0 atom stereocenters. The van der Waals surface area contributed by atoms with Crippen LogP contribution >= 0.6 is 0 Å². The number of aryl methyl sites for hydroxylation is 1. The van der Waals surface area contributed by atoms with Gasteiger partial charge in [0.15, 0.2) is 0 Å². The lowest BCUT2D eigenvalue weighted by Gasteiger charge is -2.15. The maximum atomic E-state index is 12.5. The number of unbranched alkanes of at least 4 members (excludes halogenated alkanes) is 2. The van der Waals surface area contributed by atoms with Gasteiger partial charge in [0.25, 0.3) is 0 Å². The molecule has 1 amide bonds. The summed E-state index contributed by atoms with van der Waals surface area (Å²) in [4.78, 5) is 12.5. The highest BCUT2D eigenvalue weighted by molar-refractivity contribution is 6.01. The van der Waals surface area contributed by atoms with E-state index in [2.05, 4.69) is 18.3 Å². The standard InChI is InChI=1S/C28H35NO4/c1-6-9-10-15-29-26(30)16-19(4)23-17-24-25(21-11-13-22(14-12-21)31-7-2)18-33-28(24)20(5)27(23)32-8-3/h11-14,16-18H,6-10,15H2,1-5H3,(H,29,30)/b19-16+.